The normalized spacial score (nSPS) is 14.3. The van der Waals surface area contributed by atoms with Gasteiger partial charge in [-0.05, 0) is 68.7 Å². The molecule has 0 unspecified atom stereocenters. The maximum absolute atomic E-state index is 12.3. The number of hydrogen-bond donors (Lipinski definition) is 0. The zero-order valence-electron chi connectivity index (χ0n) is 19.1. The van der Waals surface area contributed by atoms with Crippen LogP contribution in [0.5, 0.6) is 11.5 Å². The molecular weight excluding hydrogens is 408 g/mol. The summed E-state index contributed by atoms with van der Waals surface area (Å²) >= 11 is 0. The Bertz CT molecular complexity index is 1180. The standard InChI is InChI=1S/C24H28N4O4/c1-24(2,3)32-23(29)27-11-8-16(9-12-27)17-10-13-28-21(15-17)25-22(26-28)18-6-7-19(30-4)20(14-18)31-5/h6-8,10,13-15H,9,11-12H2,1-5H3. The molecule has 4 rings (SSSR count). The highest BCUT2D eigenvalue weighted by molar-refractivity contribution is 5.74. The Labute approximate surface area is 187 Å². The van der Waals surface area contributed by atoms with Crippen molar-refractivity contribution in [2.75, 3.05) is 27.3 Å². The first-order valence-corrected chi connectivity index (χ1v) is 10.5. The topological polar surface area (TPSA) is 78.2 Å². The third-order valence-corrected chi connectivity index (χ3v) is 5.21. The van der Waals surface area contributed by atoms with Crippen LogP contribution >= 0.6 is 0 Å². The summed E-state index contributed by atoms with van der Waals surface area (Å²) < 4.78 is 17.9. The number of fused-ring (bicyclic) bond motifs is 1. The third kappa shape index (κ3) is 4.54. The average molecular weight is 437 g/mol. The maximum atomic E-state index is 12.3. The lowest BCUT2D eigenvalue weighted by Gasteiger charge is -2.29. The highest BCUT2D eigenvalue weighted by Gasteiger charge is 2.24. The fourth-order valence-electron chi connectivity index (χ4n) is 3.60. The number of pyridine rings is 1. The van der Waals surface area contributed by atoms with E-state index in [0.717, 1.165) is 23.2 Å². The number of hydrogen-bond acceptors (Lipinski definition) is 6. The minimum atomic E-state index is -0.495. The molecule has 8 heteroatoms. The molecule has 1 aliphatic rings. The highest BCUT2D eigenvalue weighted by atomic mass is 16.6. The van der Waals surface area contributed by atoms with Crippen molar-refractivity contribution < 1.29 is 19.0 Å². The molecule has 0 atom stereocenters. The van der Waals surface area contributed by atoms with Crippen LogP contribution in [-0.4, -0.2) is 58.5 Å². The Morgan fingerprint density at radius 3 is 2.47 bits per heavy atom. The number of methoxy groups -OCH3 is 2. The molecule has 2 aromatic heterocycles. The van der Waals surface area contributed by atoms with Crippen LogP contribution in [0.25, 0.3) is 22.6 Å². The van der Waals surface area contributed by atoms with Crippen LogP contribution in [0.15, 0.2) is 42.6 Å². The summed E-state index contributed by atoms with van der Waals surface area (Å²) in [6.07, 6.45) is 4.46. The third-order valence-electron chi connectivity index (χ3n) is 5.21. The van der Waals surface area contributed by atoms with Gasteiger partial charge in [-0.3, -0.25) is 0 Å². The van der Waals surface area contributed by atoms with Gasteiger partial charge < -0.3 is 19.1 Å². The lowest BCUT2D eigenvalue weighted by molar-refractivity contribution is 0.0270. The molecule has 0 saturated heterocycles. The summed E-state index contributed by atoms with van der Waals surface area (Å²) in [6, 6.07) is 9.66. The summed E-state index contributed by atoms with van der Waals surface area (Å²) in [6.45, 7) is 6.77. The van der Waals surface area contributed by atoms with Crippen molar-refractivity contribution in [2.45, 2.75) is 32.8 Å². The second kappa shape index (κ2) is 8.53. The van der Waals surface area contributed by atoms with Crippen molar-refractivity contribution in [3.63, 3.8) is 0 Å². The molecule has 8 nitrogen and oxygen atoms in total. The molecule has 0 N–H and O–H groups in total. The summed E-state index contributed by atoms with van der Waals surface area (Å²) in [5.74, 6) is 1.90. The number of aromatic nitrogens is 3. The van der Waals surface area contributed by atoms with Crippen LogP contribution in [-0.2, 0) is 4.74 Å². The van der Waals surface area contributed by atoms with E-state index >= 15 is 0 Å². The molecule has 3 aromatic rings. The predicted octanol–water partition coefficient (Wildman–Crippen LogP) is 4.44. The van der Waals surface area contributed by atoms with Crippen molar-refractivity contribution in [1.82, 2.24) is 19.5 Å². The molecule has 0 spiro atoms. The summed E-state index contributed by atoms with van der Waals surface area (Å²) in [4.78, 5) is 18.7. The summed E-state index contributed by atoms with van der Waals surface area (Å²) in [5, 5.41) is 4.59. The van der Waals surface area contributed by atoms with Crippen LogP contribution in [0.4, 0.5) is 4.79 Å². The molecule has 1 aliphatic heterocycles. The molecule has 0 aliphatic carbocycles. The number of rotatable bonds is 4. The lowest BCUT2D eigenvalue weighted by atomic mass is 10.0. The fourth-order valence-corrected chi connectivity index (χ4v) is 3.60. The van der Waals surface area contributed by atoms with E-state index in [4.69, 9.17) is 19.2 Å². The van der Waals surface area contributed by atoms with Crippen molar-refractivity contribution in [2.24, 2.45) is 0 Å². The molecular formula is C24H28N4O4. The Hall–Kier alpha value is -3.55. The number of carbonyl (C=O) groups excluding carboxylic acids is 1. The minimum Gasteiger partial charge on any atom is -0.493 e. The van der Waals surface area contributed by atoms with Gasteiger partial charge in [0.2, 0.25) is 0 Å². The number of benzene rings is 1. The smallest absolute Gasteiger partial charge is 0.410 e. The van der Waals surface area contributed by atoms with Crippen molar-refractivity contribution in [3.8, 4) is 22.9 Å². The molecule has 1 aromatic carbocycles. The highest BCUT2D eigenvalue weighted by Crippen LogP contribution is 2.31. The van der Waals surface area contributed by atoms with E-state index < -0.39 is 5.60 Å². The average Bonchev–Trinajstić information content (AvgIpc) is 3.21. The van der Waals surface area contributed by atoms with E-state index in [1.165, 1.54) is 5.57 Å². The molecule has 168 valence electrons. The number of carbonyl (C=O) groups is 1. The molecule has 1 amide bonds. The SMILES string of the molecule is COc1ccc(-c2nc3cc(C4=CCN(C(=O)OC(C)(C)C)CC4)ccn3n2)cc1OC. The van der Waals surface area contributed by atoms with E-state index in [0.29, 0.717) is 30.4 Å². The maximum Gasteiger partial charge on any atom is 0.410 e. The number of amides is 1. The van der Waals surface area contributed by atoms with Crippen LogP contribution in [0, 0.1) is 0 Å². The molecule has 32 heavy (non-hydrogen) atoms. The quantitative estimate of drug-likeness (QED) is 0.602. The van der Waals surface area contributed by atoms with Crippen molar-refractivity contribution >= 4 is 17.3 Å². The van der Waals surface area contributed by atoms with Crippen LogP contribution < -0.4 is 9.47 Å². The monoisotopic (exact) mass is 436 g/mol. The molecule has 0 radical (unpaired) electrons. The predicted molar refractivity (Wildman–Crippen MR) is 122 cm³/mol. The van der Waals surface area contributed by atoms with E-state index in [-0.39, 0.29) is 6.09 Å². The van der Waals surface area contributed by atoms with E-state index in [9.17, 15) is 4.79 Å². The van der Waals surface area contributed by atoms with Gasteiger partial charge in [-0.2, -0.15) is 0 Å². The Morgan fingerprint density at radius 2 is 1.81 bits per heavy atom. The molecule has 0 bridgehead atoms. The van der Waals surface area contributed by atoms with E-state index in [1.54, 1.807) is 23.6 Å². The minimum absolute atomic E-state index is 0.278. The van der Waals surface area contributed by atoms with Gasteiger partial charge in [0.15, 0.2) is 23.0 Å². The number of ether oxygens (including phenoxy) is 3. The van der Waals surface area contributed by atoms with Crippen molar-refractivity contribution in [3.05, 3.63) is 48.2 Å². The van der Waals surface area contributed by atoms with E-state index in [2.05, 4.69) is 11.2 Å². The second-order valence-corrected chi connectivity index (χ2v) is 8.63. The van der Waals surface area contributed by atoms with Crippen LogP contribution in [0.1, 0.15) is 32.8 Å². The van der Waals surface area contributed by atoms with Crippen LogP contribution in [0.3, 0.4) is 0 Å². The van der Waals surface area contributed by atoms with Gasteiger partial charge in [-0.1, -0.05) is 6.08 Å². The first kappa shape index (κ1) is 21.7. The summed E-state index contributed by atoms with van der Waals surface area (Å²) in [7, 11) is 3.21. The Balaban J connectivity index is 1.55. The van der Waals surface area contributed by atoms with Gasteiger partial charge in [-0.25, -0.2) is 14.3 Å². The Kier molecular flexibility index (Phi) is 5.78. The van der Waals surface area contributed by atoms with E-state index in [1.807, 2.05) is 57.3 Å². The largest absolute Gasteiger partial charge is 0.493 e. The Morgan fingerprint density at radius 1 is 1.03 bits per heavy atom. The second-order valence-electron chi connectivity index (χ2n) is 8.63. The number of nitrogens with zero attached hydrogens (tertiary/aromatic N) is 4. The van der Waals surface area contributed by atoms with Gasteiger partial charge in [-0.15, -0.1) is 5.10 Å². The first-order valence-electron chi connectivity index (χ1n) is 10.5. The van der Waals surface area contributed by atoms with Crippen LogP contribution in [0.2, 0.25) is 0 Å². The molecule has 0 fully saturated rings. The first-order chi connectivity index (χ1) is 15.3. The zero-order chi connectivity index (χ0) is 22.9. The van der Waals surface area contributed by atoms with Gasteiger partial charge in [0.05, 0.1) is 14.2 Å². The zero-order valence-corrected chi connectivity index (χ0v) is 19.1. The van der Waals surface area contributed by atoms with Gasteiger partial charge in [0, 0.05) is 24.8 Å². The van der Waals surface area contributed by atoms with Gasteiger partial charge in [0.25, 0.3) is 0 Å². The van der Waals surface area contributed by atoms with Gasteiger partial charge in [0.1, 0.15) is 5.60 Å². The molecule has 0 saturated carbocycles. The fraction of sp³-hybridized carbons (Fsp3) is 0.375. The lowest BCUT2D eigenvalue weighted by Crippen LogP contribution is -2.39. The summed E-state index contributed by atoms with van der Waals surface area (Å²) in [5.41, 5.74) is 3.36. The van der Waals surface area contributed by atoms with Gasteiger partial charge >= 0.3 is 6.09 Å². The van der Waals surface area contributed by atoms with Crippen molar-refractivity contribution in [1.29, 1.82) is 0 Å². The molecule has 3 heterocycles.